The molecule has 0 spiro atoms. The fourth-order valence-corrected chi connectivity index (χ4v) is 3.16. The number of nitrogens with zero attached hydrogens (tertiary/aromatic N) is 1. The molecule has 0 unspecified atom stereocenters. The van der Waals surface area contributed by atoms with Crippen LogP contribution in [-0.2, 0) is 10.0 Å². The minimum absolute atomic E-state index is 0.108. The molecule has 8 heteroatoms. The fraction of sp³-hybridized carbons (Fsp3) is 0.308. The maximum atomic E-state index is 12.3. The Morgan fingerprint density at radius 2 is 1.76 bits per heavy atom. The summed E-state index contributed by atoms with van der Waals surface area (Å²) in [6.07, 6.45) is 1.27. The van der Waals surface area contributed by atoms with E-state index in [1.165, 1.54) is 20.4 Å². The van der Waals surface area contributed by atoms with E-state index >= 15 is 0 Å². The van der Waals surface area contributed by atoms with Gasteiger partial charge in [0.2, 0.25) is 0 Å². The van der Waals surface area contributed by atoms with E-state index in [1.807, 2.05) is 0 Å². The lowest BCUT2D eigenvalue weighted by Crippen LogP contribution is -2.14. The van der Waals surface area contributed by atoms with Crippen LogP contribution < -0.4 is 14.2 Å². The third-order valence-corrected chi connectivity index (χ3v) is 4.53. The highest BCUT2D eigenvalue weighted by Gasteiger charge is 2.20. The Morgan fingerprint density at radius 1 is 1.14 bits per heavy atom. The molecule has 0 saturated carbocycles. The molecule has 0 aliphatic heterocycles. The van der Waals surface area contributed by atoms with Gasteiger partial charge in [-0.2, -0.15) is 5.10 Å². The van der Waals surface area contributed by atoms with E-state index in [1.54, 1.807) is 26.0 Å². The highest BCUT2D eigenvalue weighted by Crippen LogP contribution is 2.33. The van der Waals surface area contributed by atoms with Crippen LogP contribution in [0.3, 0.4) is 0 Å². The Hall–Kier alpha value is -2.22. The first-order valence-electron chi connectivity index (χ1n) is 6.14. The molecule has 0 amide bonds. The summed E-state index contributed by atoms with van der Waals surface area (Å²) in [6.45, 7) is 3.42. The third kappa shape index (κ3) is 2.94. The minimum atomic E-state index is -3.71. The van der Waals surface area contributed by atoms with Gasteiger partial charge in [0.25, 0.3) is 10.0 Å². The summed E-state index contributed by atoms with van der Waals surface area (Å²) in [7, 11) is -0.692. The van der Waals surface area contributed by atoms with Crippen LogP contribution in [0.1, 0.15) is 11.3 Å². The summed E-state index contributed by atoms with van der Waals surface area (Å²) in [5.74, 6) is 0.988. The van der Waals surface area contributed by atoms with Gasteiger partial charge >= 0.3 is 0 Å². The first-order valence-corrected chi connectivity index (χ1v) is 7.62. The zero-order valence-corrected chi connectivity index (χ0v) is 13.0. The van der Waals surface area contributed by atoms with Crippen molar-refractivity contribution in [2.24, 2.45) is 0 Å². The molecule has 1 aromatic carbocycles. The number of rotatable bonds is 5. The van der Waals surface area contributed by atoms with Crippen LogP contribution >= 0.6 is 0 Å². The normalized spacial score (nSPS) is 11.2. The second kappa shape index (κ2) is 5.65. The minimum Gasteiger partial charge on any atom is -0.493 e. The van der Waals surface area contributed by atoms with Crippen LogP contribution in [0.4, 0.5) is 5.69 Å². The van der Waals surface area contributed by atoms with E-state index in [4.69, 9.17) is 9.47 Å². The zero-order chi connectivity index (χ0) is 15.6. The van der Waals surface area contributed by atoms with Gasteiger partial charge in [0.05, 0.1) is 31.8 Å². The molecular weight excluding hydrogens is 294 g/mol. The van der Waals surface area contributed by atoms with Crippen molar-refractivity contribution in [1.29, 1.82) is 0 Å². The van der Waals surface area contributed by atoms with E-state index < -0.39 is 10.0 Å². The predicted molar refractivity (Wildman–Crippen MR) is 78.4 cm³/mol. The number of hydrogen-bond donors (Lipinski definition) is 2. The van der Waals surface area contributed by atoms with Gasteiger partial charge in [0.1, 0.15) is 4.90 Å². The molecular formula is C13H17N3O4S. The number of nitrogens with one attached hydrogen (secondary N) is 2. The Labute approximate surface area is 123 Å². The van der Waals surface area contributed by atoms with Crippen LogP contribution in [0.15, 0.2) is 23.2 Å². The van der Waals surface area contributed by atoms with Crippen molar-refractivity contribution < 1.29 is 17.9 Å². The maximum absolute atomic E-state index is 12.3. The second-order valence-electron chi connectivity index (χ2n) is 4.49. The topological polar surface area (TPSA) is 93.3 Å². The number of ether oxygens (including phenoxy) is 2. The van der Waals surface area contributed by atoms with E-state index in [9.17, 15) is 8.42 Å². The molecule has 7 nitrogen and oxygen atoms in total. The fourth-order valence-electron chi connectivity index (χ4n) is 1.90. The summed E-state index contributed by atoms with van der Waals surface area (Å²) in [5.41, 5.74) is 1.62. The maximum Gasteiger partial charge on any atom is 0.265 e. The first-order chi connectivity index (χ1) is 9.89. The van der Waals surface area contributed by atoms with Crippen LogP contribution in [0, 0.1) is 13.8 Å². The second-order valence-corrected chi connectivity index (χ2v) is 6.14. The molecule has 0 atom stereocenters. The number of sulfonamides is 1. The average Bonchev–Trinajstić information content (AvgIpc) is 2.87. The quantitative estimate of drug-likeness (QED) is 0.879. The zero-order valence-electron chi connectivity index (χ0n) is 12.2. The molecule has 0 saturated heterocycles. The van der Waals surface area contributed by atoms with E-state index in [0.717, 1.165) is 5.56 Å². The number of aromatic nitrogens is 2. The van der Waals surface area contributed by atoms with Gasteiger partial charge in [-0.15, -0.1) is 0 Å². The number of hydrogen-bond acceptors (Lipinski definition) is 5. The molecule has 0 radical (unpaired) electrons. The molecule has 2 N–H and O–H groups in total. The predicted octanol–water partition coefficient (Wildman–Crippen LogP) is 1.84. The summed E-state index contributed by atoms with van der Waals surface area (Å²) in [4.78, 5) is 0.108. The highest BCUT2D eigenvalue weighted by atomic mass is 32.2. The van der Waals surface area contributed by atoms with Crippen molar-refractivity contribution in [3.05, 3.63) is 29.6 Å². The lowest BCUT2D eigenvalue weighted by Gasteiger charge is -2.14. The number of H-pyrrole nitrogens is 1. The molecule has 114 valence electrons. The third-order valence-electron chi connectivity index (χ3n) is 3.05. The standard InChI is InChI=1S/C13H17N3O4S/c1-8-5-11(19-3)12(20-4)6-10(8)16-21(17,18)13-7-14-15-9(13)2/h5-7,16H,1-4H3,(H,14,15). The van der Waals surface area contributed by atoms with Gasteiger partial charge < -0.3 is 9.47 Å². The van der Waals surface area contributed by atoms with Crippen molar-refractivity contribution in [3.63, 3.8) is 0 Å². The van der Waals surface area contributed by atoms with Gasteiger partial charge in [-0.05, 0) is 25.5 Å². The molecule has 1 heterocycles. The molecule has 0 aliphatic rings. The molecule has 2 rings (SSSR count). The number of anilines is 1. The Bertz CT molecular complexity index is 753. The first kappa shape index (κ1) is 15.2. The summed E-state index contributed by atoms with van der Waals surface area (Å²) >= 11 is 0. The molecule has 2 aromatic rings. The molecule has 0 fully saturated rings. The van der Waals surface area contributed by atoms with Crippen molar-refractivity contribution in [2.75, 3.05) is 18.9 Å². The Kier molecular flexibility index (Phi) is 4.08. The Morgan fingerprint density at radius 3 is 2.29 bits per heavy atom. The molecule has 1 aromatic heterocycles. The van der Waals surface area contributed by atoms with Crippen LogP contribution in [0.2, 0.25) is 0 Å². The van der Waals surface area contributed by atoms with Crippen LogP contribution in [0.25, 0.3) is 0 Å². The lowest BCUT2D eigenvalue weighted by atomic mass is 10.2. The number of aromatic amines is 1. The average molecular weight is 311 g/mol. The lowest BCUT2D eigenvalue weighted by molar-refractivity contribution is 0.355. The van der Waals surface area contributed by atoms with Gasteiger partial charge in [-0.1, -0.05) is 0 Å². The number of methoxy groups -OCH3 is 2. The number of benzene rings is 1. The number of aryl methyl sites for hydroxylation is 2. The molecule has 0 aliphatic carbocycles. The van der Waals surface area contributed by atoms with E-state index in [2.05, 4.69) is 14.9 Å². The van der Waals surface area contributed by atoms with Crippen molar-refractivity contribution >= 4 is 15.7 Å². The van der Waals surface area contributed by atoms with E-state index in [-0.39, 0.29) is 4.90 Å². The summed E-state index contributed by atoms with van der Waals surface area (Å²) in [5, 5.41) is 6.33. The largest absolute Gasteiger partial charge is 0.493 e. The van der Waals surface area contributed by atoms with Crippen LogP contribution in [0.5, 0.6) is 11.5 Å². The highest BCUT2D eigenvalue weighted by molar-refractivity contribution is 7.92. The van der Waals surface area contributed by atoms with Crippen molar-refractivity contribution in [2.45, 2.75) is 18.7 Å². The summed E-state index contributed by atoms with van der Waals surface area (Å²) in [6, 6.07) is 3.29. The summed E-state index contributed by atoms with van der Waals surface area (Å²) < 4.78 is 37.6. The van der Waals surface area contributed by atoms with Gasteiger partial charge in [0.15, 0.2) is 11.5 Å². The monoisotopic (exact) mass is 311 g/mol. The van der Waals surface area contributed by atoms with Gasteiger partial charge in [0, 0.05) is 6.07 Å². The van der Waals surface area contributed by atoms with Crippen LogP contribution in [-0.4, -0.2) is 32.8 Å². The van der Waals surface area contributed by atoms with Crippen molar-refractivity contribution in [1.82, 2.24) is 10.2 Å². The molecule has 21 heavy (non-hydrogen) atoms. The van der Waals surface area contributed by atoms with Crippen molar-refractivity contribution in [3.8, 4) is 11.5 Å². The Balaban J connectivity index is 2.42. The smallest absolute Gasteiger partial charge is 0.265 e. The SMILES string of the molecule is COc1cc(C)c(NS(=O)(=O)c2cn[nH]c2C)cc1OC. The van der Waals surface area contributed by atoms with Gasteiger partial charge in [-0.3, -0.25) is 9.82 Å². The van der Waals surface area contributed by atoms with Gasteiger partial charge in [-0.25, -0.2) is 8.42 Å². The van der Waals surface area contributed by atoms with E-state index in [0.29, 0.717) is 22.9 Å². The molecule has 0 bridgehead atoms.